The van der Waals surface area contributed by atoms with Gasteiger partial charge in [0.25, 0.3) is 5.91 Å². The largest absolute Gasteiger partial charge is 0.478 e. The molecule has 0 saturated carbocycles. The van der Waals surface area contributed by atoms with Gasteiger partial charge in [-0.1, -0.05) is 48.9 Å². The fourth-order valence-corrected chi connectivity index (χ4v) is 5.19. The standard InChI is InChI=1S/C29H23ClN2O6S/c1-2-24(27(34)32-23-14-17(28(35)36)12-13-22(23)30)39-19-9-5-8-18(15-19)31-26(33)20-10-3-6-16-7-4-11-21(25(16)20)29(37)38/h3-15,24H,2H2,1H3,(H,31,33)(H,32,34)(H,35,36)(H,37,38). The molecule has 0 bridgehead atoms. The summed E-state index contributed by atoms with van der Waals surface area (Å²) in [7, 11) is 0. The zero-order chi connectivity index (χ0) is 28.1. The number of fused-ring (bicyclic) bond motifs is 1. The lowest BCUT2D eigenvalue weighted by Crippen LogP contribution is -2.24. The molecule has 0 spiro atoms. The first-order valence-electron chi connectivity index (χ1n) is 11.8. The summed E-state index contributed by atoms with van der Waals surface area (Å²) in [6, 6.07) is 20.9. The van der Waals surface area contributed by atoms with Crippen LogP contribution < -0.4 is 10.6 Å². The van der Waals surface area contributed by atoms with Crippen LogP contribution in [0.25, 0.3) is 10.8 Å². The van der Waals surface area contributed by atoms with Crippen molar-refractivity contribution in [2.75, 3.05) is 10.6 Å². The molecule has 4 aromatic rings. The maximum atomic E-state index is 13.2. The van der Waals surface area contributed by atoms with Crippen LogP contribution in [0.4, 0.5) is 11.4 Å². The van der Waals surface area contributed by atoms with Crippen LogP contribution in [-0.2, 0) is 4.79 Å². The maximum absolute atomic E-state index is 13.2. The van der Waals surface area contributed by atoms with Crippen LogP contribution in [0.3, 0.4) is 0 Å². The number of aromatic carboxylic acids is 2. The van der Waals surface area contributed by atoms with E-state index < -0.39 is 23.1 Å². The van der Waals surface area contributed by atoms with E-state index in [2.05, 4.69) is 10.6 Å². The molecule has 0 aromatic heterocycles. The second-order valence-corrected chi connectivity index (χ2v) is 10.2. The molecule has 8 nitrogen and oxygen atoms in total. The number of thioether (sulfide) groups is 1. The molecule has 0 heterocycles. The number of carboxylic acid groups (broad SMARTS) is 2. The van der Waals surface area contributed by atoms with Crippen LogP contribution >= 0.6 is 23.4 Å². The van der Waals surface area contributed by atoms with Gasteiger partial charge in [0.2, 0.25) is 5.91 Å². The zero-order valence-corrected chi connectivity index (χ0v) is 22.2. The van der Waals surface area contributed by atoms with E-state index in [1.165, 1.54) is 36.0 Å². The van der Waals surface area contributed by atoms with Gasteiger partial charge in [-0.05, 0) is 60.3 Å². The van der Waals surface area contributed by atoms with E-state index >= 15 is 0 Å². The van der Waals surface area contributed by atoms with Crippen molar-refractivity contribution < 1.29 is 29.4 Å². The van der Waals surface area contributed by atoms with Crippen molar-refractivity contribution in [1.82, 2.24) is 0 Å². The summed E-state index contributed by atoms with van der Waals surface area (Å²) in [5.41, 5.74) is 0.948. The molecular weight excluding hydrogens is 540 g/mol. The summed E-state index contributed by atoms with van der Waals surface area (Å²) in [5.74, 6) is -3.07. The number of carbonyl (C=O) groups is 4. The molecule has 4 rings (SSSR count). The molecule has 4 aromatic carbocycles. The van der Waals surface area contributed by atoms with Crippen molar-refractivity contribution in [3.8, 4) is 0 Å². The second-order valence-electron chi connectivity index (χ2n) is 8.50. The Kier molecular flexibility index (Phi) is 8.53. The molecule has 4 N–H and O–H groups in total. The van der Waals surface area contributed by atoms with Gasteiger partial charge >= 0.3 is 11.9 Å². The molecule has 0 aliphatic carbocycles. The highest BCUT2D eigenvalue weighted by molar-refractivity contribution is 8.00. The van der Waals surface area contributed by atoms with E-state index in [0.29, 0.717) is 27.8 Å². The van der Waals surface area contributed by atoms with Gasteiger partial charge in [0.15, 0.2) is 0 Å². The monoisotopic (exact) mass is 562 g/mol. The number of carboxylic acids is 2. The van der Waals surface area contributed by atoms with Crippen LogP contribution in [0, 0.1) is 0 Å². The van der Waals surface area contributed by atoms with Crippen LogP contribution in [0.2, 0.25) is 5.02 Å². The van der Waals surface area contributed by atoms with E-state index in [1.807, 2.05) is 6.92 Å². The lowest BCUT2D eigenvalue weighted by Gasteiger charge is -2.16. The van der Waals surface area contributed by atoms with Crippen molar-refractivity contribution >= 4 is 69.3 Å². The minimum absolute atomic E-state index is 0.000476. The van der Waals surface area contributed by atoms with E-state index in [-0.39, 0.29) is 33.3 Å². The number of rotatable bonds is 9. The van der Waals surface area contributed by atoms with E-state index in [4.69, 9.17) is 11.6 Å². The summed E-state index contributed by atoms with van der Waals surface area (Å²) in [6.07, 6.45) is 0.470. The number of anilines is 2. The van der Waals surface area contributed by atoms with Crippen molar-refractivity contribution in [2.24, 2.45) is 0 Å². The fraction of sp³-hybridized carbons (Fsp3) is 0.103. The number of nitrogens with one attached hydrogen (secondary N) is 2. The molecule has 10 heteroatoms. The fourth-order valence-electron chi connectivity index (χ4n) is 4.01. The molecule has 39 heavy (non-hydrogen) atoms. The zero-order valence-electron chi connectivity index (χ0n) is 20.6. The van der Waals surface area contributed by atoms with Crippen molar-refractivity contribution in [1.29, 1.82) is 0 Å². The third kappa shape index (κ3) is 6.39. The van der Waals surface area contributed by atoms with Gasteiger partial charge in [0, 0.05) is 21.5 Å². The van der Waals surface area contributed by atoms with Crippen LogP contribution in [0.5, 0.6) is 0 Å². The Hall–Kier alpha value is -4.34. The Morgan fingerprint density at radius 1 is 0.846 bits per heavy atom. The topological polar surface area (TPSA) is 133 Å². The molecule has 0 radical (unpaired) electrons. The van der Waals surface area contributed by atoms with Crippen LogP contribution in [-0.4, -0.2) is 39.2 Å². The van der Waals surface area contributed by atoms with Crippen molar-refractivity contribution in [3.05, 3.63) is 101 Å². The molecule has 1 unspecified atom stereocenters. The highest BCUT2D eigenvalue weighted by Gasteiger charge is 2.21. The molecule has 0 saturated heterocycles. The lowest BCUT2D eigenvalue weighted by molar-refractivity contribution is -0.115. The number of amides is 2. The van der Waals surface area contributed by atoms with Crippen molar-refractivity contribution in [2.45, 2.75) is 23.5 Å². The van der Waals surface area contributed by atoms with Gasteiger partial charge in [0.1, 0.15) is 0 Å². The van der Waals surface area contributed by atoms with Gasteiger partial charge < -0.3 is 20.8 Å². The number of halogens is 1. The molecule has 0 aliphatic rings. The van der Waals surface area contributed by atoms with Crippen molar-refractivity contribution in [3.63, 3.8) is 0 Å². The molecule has 198 valence electrons. The second kappa shape index (κ2) is 12.0. The highest BCUT2D eigenvalue weighted by Crippen LogP contribution is 2.31. The van der Waals surface area contributed by atoms with Gasteiger partial charge in [-0.3, -0.25) is 9.59 Å². The first kappa shape index (κ1) is 27.7. The number of hydrogen-bond acceptors (Lipinski definition) is 5. The van der Waals surface area contributed by atoms with Gasteiger partial charge in [-0.15, -0.1) is 11.8 Å². The van der Waals surface area contributed by atoms with Crippen LogP contribution in [0.1, 0.15) is 44.4 Å². The Bertz CT molecular complexity index is 1600. The summed E-state index contributed by atoms with van der Waals surface area (Å²) < 4.78 is 0. The highest BCUT2D eigenvalue weighted by atomic mass is 35.5. The predicted molar refractivity (Wildman–Crippen MR) is 152 cm³/mol. The molecule has 0 fully saturated rings. The first-order valence-corrected chi connectivity index (χ1v) is 13.1. The van der Waals surface area contributed by atoms with Crippen LogP contribution in [0.15, 0.2) is 83.8 Å². The lowest BCUT2D eigenvalue weighted by atomic mass is 9.98. The van der Waals surface area contributed by atoms with Gasteiger partial charge in [0.05, 0.1) is 27.1 Å². The van der Waals surface area contributed by atoms with Gasteiger partial charge in [-0.25, -0.2) is 9.59 Å². The number of hydrogen-bond donors (Lipinski definition) is 4. The Labute approximate surface area is 233 Å². The average molecular weight is 563 g/mol. The Morgan fingerprint density at radius 2 is 1.54 bits per heavy atom. The first-order chi connectivity index (χ1) is 18.7. The van der Waals surface area contributed by atoms with E-state index in [9.17, 15) is 29.4 Å². The summed E-state index contributed by atoms with van der Waals surface area (Å²) >= 11 is 7.43. The smallest absolute Gasteiger partial charge is 0.336 e. The summed E-state index contributed by atoms with van der Waals surface area (Å²) in [4.78, 5) is 49.9. The quantitative estimate of drug-likeness (QED) is 0.168. The SMILES string of the molecule is CCC(Sc1cccc(NC(=O)c2cccc3cccc(C(=O)O)c23)c1)C(=O)Nc1cc(C(=O)O)ccc1Cl. The minimum atomic E-state index is -1.13. The summed E-state index contributed by atoms with van der Waals surface area (Å²) in [5, 5.41) is 25.0. The normalized spacial score (nSPS) is 11.5. The molecular formula is C29H23ClN2O6S. The van der Waals surface area contributed by atoms with E-state index in [0.717, 1.165) is 0 Å². The van der Waals surface area contributed by atoms with E-state index in [1.54, 1.807) is 54.6 Å². The Balaban J connectivity index is 1.52. The third-order valence-electron chi connectivity index (χ3n) is 5.88. The van der Waals surface area contributed by atoms with Gasteiger partial charge in [-0.2, -0.15) is 0 Å². The summed E-state index contributed by atoms with van der Waals surface area (Å²) in [6.45, 7) is 1.85. The third-order valence-corrected chi connectivity index (χ3v) is 7.57. The average Bonchev–Trinajstić information content (AvgIpc) is 2.92. The molecule has 1 atom stereocenters. The molecule has 2 amide bonds. The minimum Gasteiger partial charge on any atom is -0.478 e. The number of benzene rings is 4. The predicted octanol–water partition coefficient (Wildman–Crippen LogP) is 6.65. The maximum Gasteiger partial charge on any atom is 0.336 e. The number of carbonyl (C=O) groups excluding carboxylic acids is 2. The molecule has 0 aliphatic heterocycles. The Morgan fingerprint density at radius 3 is 2.21 bits per heavy atom.